The zero-order valence-corrected chi connectivity index (χ0v) is 12.0. The van der Waals surface area contributed by atoms with Gasteiger partial charge in [-0.1, -0.05) is 42.5 Å². The molecule has 1 amide bonds. The lowest BCUT2D eigenvalue weighted by atomic mass is 10.1. The molecular weight excluding hydrogens is 260 g/mol. The monoisotopic (exact) mass is 280 g/mol. The van der Waals surface area contributed by atoms with E-state index in [-0.39, 0.29) is 5.91 Å². The highest BCUT2D eigenvalue weighted by atomic mass is 16.1. The van der Waals surface area contributed by atoms with Gasteiger partial charge in [0.2, 0.25) is 5.91 Å². The van der Waals surface area contributed by atoms with Crippen LogP contribution in [0.2, 0.25) is 0 Å². The van der Waals surface area contributed by atoms with Gasteiger partial charge in [-0.3, -0.25) is 9.69 Å². The van der Waals surface area contributed by atoms with Gasteiger partial charge in [0.25, 0.3) is 0 Å². The predicted molar refractivity (Wildman–Crippen MR) is 84.0 cm³/mol. The van der Waals surface area contributed by atoms with Gasteiger partial charge in [0.05, 0.1) is 0 Å². The Morgan fingerprint density at radius 2 is 1.81 bits per heavy atom. The summed E-state index contributed by atoms with van der Waals surface area (Å²) < 4.78 is 0. The second kappa shape index (κ2) is 6.10. The Labute approximate surface area is 125 Å². The zero-order chi connectivity index (χ0) is 14.7. The second-order valence-corrected chi connectivity index (χ2v) is 5.59. The van der Waals surface area contributed by atoms with Crippen LogP contribution in [-0.2, 0) is 6.42 Å². The van der Waals surface area contributed by atoms with Gasteiger partial charge in [0, 0.05) is 18.2 Å². The SMILES string of the molecule is NC(=O)c1ccc(CCCN2CC2c2ccccc2)cc1. The maximum atomic E-state index is 11.0. The maximum Gasteiger partial charge on any atom is 0.248 e. The number of nitrogens with zero attached hydrogens (tertiary/aromatic N) is 1. The summed E-state index contributed by atoms with van der Waals surface area (Å²) in [5.41, 5.74) is 8.50. The Morgan fingerprint density at radius 1 is 1.10 bits per heavy atom. The lowest BCUT2D eigenvalue weighted by molar-refractivity contribution is 0.100. The molecule has 3 heteroatoms. The molecule has 0 bridgehead atoms. The number of rotatable bonds is 6. The van der Waals surface area contributed by atoms with Crippen LogP contribution >= 0.6 is 0 Å². The molecule has 2 atom stereocenters. The number of carbonyl (C=O) groups excluding carboxylic acids is 1. The molecule has 3 rings (SSSR count). The van der Waals surface area contributed by atoms with E-state index in [0.29, 0.717) is 11.6 Å². The topological polar surface area (TPSA) is 46.1 Å². The summed E-state index contributed by atoms with van der Waals surface area (Å²) in [7, 11) is 0. The van der Waals surface area contributed by atoms with Crippen molar-refractivity contribution in [2.75, 3.05) is 13.1 Å². The smallest absolute Gasteiger partial charge is 0.248 e. The lowest BCUT2D eigenvalue weighted by Crippen LogP contribution is -2.10. The fourth-order valence-corrected chi connectivity index (χ4v) is 2.74. The fraction of sp³-hybridized carbons (Fsp3) is 0.278. The zero-order valence-electron chi connectivity index (χ0n) is 12.0. The number of amides is 1. The van der Waals surface area contributed by atoms with Crippen LogP contribution in [-0.4, -0.2) is 23.9 Å². The van der Waals surface area contributed by atoms with Crippen molar-refractivity contribution in [2.24, 2.45) is 5.73 Å². The Bertz CT molecular complexity index is 607. The van der Waals surface area contributed by atoms with E-state index in [4.69, 9.17) is 5.73 Å². The minimum atomic E-state index is -0.364. The molecule has 2 N–H and O–H groups in total. The van der Waals surface area contributed by atoms with E-state index >= 15 is 0 Å². The Morgan fingerprint density at radius 3 is 2.48 bits per heavy atom. The molecule has 1 aliphatic heterocycles. The maximum absolute atomic E-state index is 11.0. The first kappa shape index (κ1) is 13.8. The highest BCUT2D eigenvalue weighted by Crippen LogP contribution is 2.34. The number of nitrogens with two attached hydrogens (primary N) is 1. The van der Waals surface area contributed by atoms with Gasteiger partial charge in [-0.15, -0.1) is 0 Å². The molecule has 0 aliphatic carbocycles. The molecule has 21 heavy (non-hydrogen) atoms. The van der Waals surface area contributed by atoms with Crippen molar-refractivity contribution < 1.29 is 4.79 Å². The van der Waals surface area contributed by atoms with Crippen LogP contribution in [0.15, 0.2) is 54.6 Å². The number of hydrogen-bond acceptors (Lipinski definition) is 2. The van der Waals surface area contributed by atoms with Crippen LogP contribution in [0.5, 0.6) is 0 Å². The highest BCUT2D eigenvalue weighted by Gasteiger charge is 2.33. The molecule has 0 spiro atoms. The van der Waals surface area contributed by atoms with Gasteiger partial charge < -0.3 is 5.73 Å². The average molecular weight is 280 g/mol. The largest absolute Gasteiger partial charge is 0.366 e. The normalized spacial score (nSPS) is 20.2. The number of hydrogen-bond donors (Lipinski definition) is 1. The molecule has 1 heterocycles. The summed E-state index contributed by atoms with van der Waals surface area (Å²) in [6.45, 7) is 2.29. The molecule has 0 saturated carbocycles. The minimum Gasteiger partial charge on any atom is -0.366 e. The molecule has 1 saturated heterocycles. The van der Waals surface area contributed by atoms with E-state index in [2.05, 4.69) is 35.2 Å². The third-order valence-corrected chi connectivity index (χ3v) is 4.05. The third kappa shape index (κ3) is 3.50. The van der Waals surface area contributed by atoms with Crippen LogP contribution in [0.3, 0.4) is 0 Å². The van der Waals surface area contributed by atoms with Gasteiger partial charge in [0.15, 0.2) is 0 Å². The van der Waals surface area contributed by atoms with Crippen LogP contribution in [0.25, 0.3) is 0 Å². The molecular formula is C18H20N2O. The van der Waals surface area contributed by atoms with E-state index in [1.165, 1.54) is 17.7 Å². The highest BCUT2D eigenvalue weighted by molar-refractivity contribution is 5.92. The van der Waals surface area contributed by atoms with Crippen molar-refractivity contribution in [3.05, 3.63) is 71.3 Å². The first-order chi connectivity index (χ1) is 10.2. The lowest BCUT2D eigenvalue weighted by Gasteiger charge is -2.05. The molecule has 2 aromatic rings. The summed E-state index contributed by atoms with van der Waals surface area (Å²) in [4.78, 5) is 13.5. The molecule has 0 radical (unpaired) electrons. The summed E-state index contributed by atoms with van der Waals surface area (Å²) in [6.07, 6.45) is 2.18. The van der Waals surface area contributed by atoms with E-state index in [1.807, 2.05) is 24.3 Å². The van der Waals surface area contributed by atoms with Crippen molar-refractivity contribution in [1.29, 1.82) is 0 Å². The quantitative estimate of drug-likeness (QED) is 0.827. The van der Waals surface area contributed by atoms with Crippen LogP contribution in [0.1, 0.15) is 33.9 Å². The summed E-state index contributed by atoms with van der Waals surface area (Å²) in [5, 5.41) is 0. The van der Waals surface area contributed by atoms with E-state index < -0.39 is 0 Å². The molecule has 1 aliphatic rings. The number of benzene rings is 2. The van der Waals surface area contributed by atoms with Crippen molar-refractivity contribution >= 4 is 5.91 Å². The van der Waals surface area contributed by atoms with Crippen LogP contribution in [0, 0.1) is 0 Å². The molecule has 2 aromatic carbocycles. The molecule has 2 unspecified atom stereocenters. The molecule has 0 aromatic heterocycles. The fourth-order valence-electron chi connectivity index (χ4n) is 2.74. The summed E-state index contributed by atoms with van der Waals surface area (Å²) >= 11 is 0. The number of primary amides is 1. The Kier molecular flexibility index (Phi) is 4.02. The van der Waals surface area contributed by atoms with Gasteiger partial charge >= 0.3 is 0 Å². The third-order valence-electron chi connectivity index (χ3n) is 4.05. The Balaban J connectivity index is 1.44. The predicted octanol–water partition coefficient (Wildman–Crippen LogP) is 2.78. The van der Waals surface area contributed by atoms with E-state index in [9.17, 15) is 4.79 Å². The van der Waals surface area contributed by atoms with Crippen LogP contribution < -0.4 is 5.73 Å². The number of aryl methyl sites for hydroxylation is 1. The van der Waals surface area contributed by atoms with Gasteiger partial charge in [-0.05, 0) is 42.6 Å². The van der Waals surface area contributed by atoms with E-state index in [0.717, 1.165) is 19.4 Å². The first-order valence-corrected chi connectivity index (χ1v) is 7.42. The van der Waals surface area contributed by atoms with Crippen molar-refractivity contribution in [2.45, 2.75) is 18.9 Å². The van der Waals surface area contributed by atoms with Crippen molar-refractivity contribution in [3.8, 4) is 0 Å². The molecule has 3 nitrogen and oxygen atoms in total. The van der Waals surface area contributed by atoms with Crippen molar-refractivity contribution in [3.63, 3.8) is 0 Å². The molecule has 1 fully saturated rings. The molecule has 108 valence electrons. The Hall–Kier alpha value is -2.13. The summed E-state index contributed by atoms with van der Waals surface area (Å²) in [5.74, 6) is -0.364. The average Bonchev–Trinajstić information content (AvgIpc) is 3.28. The van der Waals surface area contributed by atoms with Gasteiger partial charge in [-0.25, -0.2) is 0 Å². The van der Waals surface area contributed by atoms with Crippen LogP contribution in [0.4, 0.5) is 0 Å². The number of carbonyl (C=O) groups is 1. The van der Waals surface area contributed by atoms with Gasteiger partial charge in [-0.2, -0.15) is 0 Å². The second-order valence-electron chi connectivity index (χ2n) is 5.59. The first-order valence-electron chi connectivity index (χ1n) is 7.42. The van der Waals surface area contributed by atoms with Gasteiger partial charge in [0.1, 0.15) is 0 Å². The van der Waals surface area contributed by atoms with Crippen molar-refractivity contribution in [1.82, 2.24) is 4.90 Å². The summed E-state index contributed by atoms with van der Waals surface area (Å²) in [6, 6.07) is 18.9. The minimum absolute atomic E-state index is 0.364. The standard InChI is InChI=1S/C18H20N2O/c19-18(21)16-10-8-14(9-11-16)5-4-12-20-13-17(20)15-6-2-1-3-7-15/h1-3,6-11,17H,4-5,12-13H2,(H2,19,21). The van der Waals surface area contributed by atoms with E-state index in [1.54, 1.807) is 0 Å².